The first kappa shape index (κ1) is 34.1. The van der Waals surface area contributed by atoms with E-state index in [1.807, 2.05) is 18.5 Å². The number of pyridine rings is 2. The maximum absolute atomic E-state index is 13.6. The number of nitrogens with two attached hydrogens (primary N) is 1. The maximum Gasteiger partial charge on any atom is 0.267 e. The Morgan fingerprint density at radius 3 is 2.52 bits per heavy atom. The summed E-state index contributed by atoms with van der Waals surface area (Å²) in [4.78, 5) is 15.8. The largest absolute Gasteiger partial charge is 0.403 e. The van der Waals surface area contributed by atoms with Crippen molar-refractivity contribution in [2.45, 2.75) is 71.3 Å². The van der Waals surface area contributed by atoms with Gasteiger partial charge in [-0.15, -0.1) is 0 Å². The summed E-state index contributed by atoms with van der Waals surface area (Å²) in [5.41, 5.74) is 7.97. The van der Waals surface area contributed by atoms with Gasteiger partial charge in [-0.3, -0.25) is 9.98 Å². The highest BCUT2D eigenvalue weighted by atomic mass is 19.3. The molecular formula is C30H42F3N7. The molecule has 10 heteroatoms. The van der Waals surface area contributed by atoms with E-state index in [2.05, 4.69) is 43.2 Å². The van der Waals surface area contributed by atoms with Gasteiger partial charge in [0.25, 0.3) is 5.92 Å². The first-order chi connectivity index (χ1) is 19.1. The Bertz CT molecular complexity index is 1140. The predicted molar refractivity (Wildman–Crippen MR) is 160 cm³/mol. The van der Waals surface area contributed by atoms with Gasteiger partial charge in [-0.25, -0.2) is 23.1 Å². The summed E-state index contributed by atoms with van der Waals surface area (Å²) in [6, 6.07) is 4.78. The molecule has 1 aliphatic carbocycles. The Hall–Kier alpha value is -3.95. The minimum absolute atomic E-state index is 0.104. The van der Waals surface area contributed by atoms with Crippen molar-refractivity contribution in [3.63, 3.8) is 0 Å². The van der Waals surface area contributed by atoms with Crippen LogP contribution in [0.15, 0.2) is 83.6 Å². The molecule has 1 saturated carbocycles. The molecule has 1 unspecified atom stereocenters. The molecule has 0 spiro atoms. The molecule has 4 N–H and O–H groups in total. The van der Waals surface area contributed by atoms with E-state index < -0.39 is 17.8 Å². The Balaban J connectivity index is 0.000000324. The number of aryl methyl sites for hydroxylation is 1. The third-order valence-corrected chi connectivity index (χ3v) is 5.56. The van der Waals surface area contributed by atoms with Gasteiger partial charge in [-0.1, -0.05) is 26.5 Å². The van der Waals surface area contributed by atoms with Crippen molar-refractivity contribution < 1.29 is 13.2 Å². The molecule has 3 rings (SSSR count). The van der Waals surface area contributed by atoms with Crippen LogP contribution in [-0.4, -0.2) is 41.0 Å². The molecular weight excluding hydrogens is 515 g/mol. The molecule has 2 heterocycles. The fourth-order valence-corrected chi connectivity index (χ4v) is 3.29. The highest BCUT2D eigenvalue weighted by Crippen LogP contribution is 2.39. The molecule has 7 nitrogen and oxygen atoms in total. The minimum atomic E-state index is -2.63. The zero-order valence-electron chi connectivity index (χ0n) is 24.0. The van der Waals surface area contributed by atoms with Crippen LogP contribution in [0.2, 0.25) is 0 Å². The lowest BCUT2D eigenvalue weighted by atomic mass is 10.1. The van der Waals surface area contributed by atoms with Gasteiger partial charge in [-0.05, 0) is 74.4 Å². The highest BCUT2D eigenvalue weighted by Gasteiger charge is 2.35. The molecule has 1 aliphatic rings. The SMILES string of the molecule is C=C(C)NC(CC)C(F)(F)CC.CN=C/C=C/C(=N\C=C/N)Nc1ncc(C)cc1F.c1cncc(C2CC2)c1. The number of nitrogens with zero attached hydrogens (tertiary/aromatic N) is 4. The second kappa shape index (κ2) is 18.4. The first-order valence-electron chi connectivity index (χ1n) is 13.2. The minimum Gasteiger partial charge on any atom is -0.403 e. The number of hydrogen-bond donors (Lipinski definition) is 3. The summed E-state index contributed by atoms with van der Waals surface area (Å²) in [5, 5.41) is 5.45. The molecule has 0 aromatic carbocycles. The molecule has 2 aromatic rings. The van der Waals surface area contributed by atoms with Crippen LogP contribution in [0.3, 0.4) is 0 Å². The number of amidine groups is 1. The standard InChI is InChI=1S/C13H16FN5.C9H17F2N.C8H9N/c1-10-8-11(14)13(18-9-10)19-12(17-7-5-15)4-3-6-16-2;1-5-8(12-7(3)4)9(10,11)6-2;1-2-8(6-9-5-1)7-3-4-7/h3-9H,15H2,1-2H3,(H,17,18,19);8,12H,3,5-6H2,1-2,4H3;1-2,5-7H,3-4H2/b4-3+,7-5-,16-6?;;. The third kappa shape index (κ3) is 13.7. The van der Waals surface area contributed by atoms with Crippen LogP contribution < -0.4 is 16.4 Å². The molecule has 0 bridgehead atoms. The molecule has 40 heavy (non-hydrogen) atoms. The smallest absolute Gasteiger partial charge is 0.267 e. The Morgan fingerprint density at radius 1 is 1.30 bits per heavy atom. The van der Waals surface area contributed by atoms with Crippen LogP contribution in [0.4, 0.5) is 19.0 Å². The Morgan fingerprint density at radius 2 is 2.02 bits per heavy atom. The van der Waals surface area contributed by atoms with Crippen LogP contribution in [-0.2, 0) is 0 Å². The molecule has 1 atom stereocenters. The van der Waals surface area contributed by atoms with Crippen molar-refractivity contribution >= 4 is 17.9 Å². The monoisotopic (exact) mass is 557 g/mol. The second-order valence-electron chi connectivity index (χ2n) is 9.15. The summed E-state index contributed by atoms with van der Waals surface area (Å²) in [7, 11) is 1.65. The molecule has 218 valence electrons. The number of allylic oxidation sites excluding steroid dienone is 2. The van der Waals surface area contributed by atoms with Crippen LogP contribution in [0.5, 0.6) is 0 Å². The molecule has 0 aliphatic heterocycles. The maximum atomic E-state index is 13.6. The molecule has 0 saturated heterocycles. The van der Waals surface area contributed by atoms with Gasteiger partial charge in [0.1, 0.15) is 5.84 Å². The lowest BCUT2D eigenvalue weighted by molar-refractivity contribution is -0.0386. The van der Waals surface area contributed by atoms with E-state index in [9.17, 15) is 13.2 Å². The van der Waals surface area contributed by atoms with E-state index in [4.69, 9.17) is 5.73 Å². The van der Waals surface area contributed by atoms with Crippen molar-refractivity contribution in [1.82, 2.24) is 15.3 Å². The van der Waals surface area contributed by atoms with E-state index >= 15 is 0 Å². The van der Waals surface area contributed by atoms with Crippen LogP contribution >= 0.6 is 0 Å². The number of aromatic nitrogens is 2. The fourth-order valence-electron chi connectivity index (χ4n) is 3.29. The van der Waals surface area contributed by atoms with E-state index in [1.165, 1.54) is 43.8 Å². The Labute approximate surface area is 236 Å². The summed E-state index contributed by atoms with van der Waals surface area (Å²) < 4.78 is 39.8. The first-order valence-corrected chi connectivity index (χ1v) is 13.2. The number of halogens is 3. The van der Waals surface area contributed by atoms with Crippen molar-refractivity contribution in [3.8, 4) is 0 Å². The normalized spacial score (nSPS) is 14.3. The summed E-state index contributed by atoms with van der Waals surface area (Å²) in [6.45, 7) is 10.2. The number of rotatable bonds is 10. The van der Waals surface area contributed by atoms with Gasteiger partial charge >= 0.3 is 0 Å². The molecule has 1 fully saturated rings. The molecule has 0 amide bonds. The zero-order valence-corrected chi connectivity index (χ0v) is 24.0. The number of aliphatic imine (C=N–C) groups is 2. The number of hydrogen-bond acceptors (Lipinski definition) is 6. The summed E-state index contributed by atoms with van der Waals surface area (Å²) >= 11 is 0. The van der Waals surface area contributed by atoms with E-state index in [0.717, 1.165) is 11.5 Å². The molecule has 2 aromatic heterocycles. The number of nitrogens with one attached hydrogen (secondary N) is 2. The topological polar surface area (TPSA) is 101 Å². The molecule has 0 radical (unpaired) electrons. The highest BCUT2D eigenvalue weighted by molar-refractivity contribution is 6.05. The Kier molecular flexibility index (Phi) is 15.6. The van der Waals surface area contributed by atoms with Crippen LogP contribution in [0.1, 0.15) is 63.5 Å². The predicted octanol–water partition coefficient (Wildman–Crippen LogP) is 6.92. The van der Waals surface area contributed by atoms with E-state index in [0.29, 0.717) is 18.0 Å². The summed E-state index contributed by atoms with van der Waals surface area (Å²) in [5.74, 6) is -1.72. The average molecular weight is 558 g/mol. The van der Waals surface area contributed by atoms with Crippen molar-refractivity contribution in [1.29, 1.82) is 0 Å². The van der Waals surface area contributed by atoms with Gasteiger partial charge in [0, 0.05) is 56.4 Å². The fraction of sp³-hybridized carbons (Fsp3) is 0.400. The van der Waals surface area contributed by atoms with Gasteiger partial charge in [-0.2, -0.15) is 0 Å². The quantitative estimate of drug-likeness (QED) is 0.218. The van der Waals surface area contributed by atoms with Gasteiger partial charge in [0.05, 0.1) is 6.04 Å². The average Bonchev–Trinajstić information content (AvgIpc) is 3.78. The second-order valence-corrected chi connectivity index (χ2v) is 9.15. The van der Waals surface area contributed by atoms with E-state index in [-0.39, 0.29) is 12.2 Å². The van der Waals surface area contributed by atoms with E-state index in [1.54, 1.807) is 52.4 Å². The zero-order chi connectivity index (χ0) is 30.0. The van der Waals surface area contributed by atoms with Crippen molar-refractivity contribution in [2.75, 3.05) is 12.4 Å². The van der Waals surface area contributed by atoms with Crippen LogP contribution in [0.25, 0.3) is 0 Å². The third-order valence-electron chi connectivity index (χ3n) is 5.56. The number of alkyl halides is 2. The van der Waals surface area contributed by atoms with Crippen molar-refractivity contribution in [2.24, 2.45) is 15.7 Å². The van der Waals surface area contributed by atoms with Crippen molar-refractivity contribution in [3.05, 3.63) is 90.6 Å². The van der Waals surface area contributed by atoms with Gasteiger partial charge < -0.3 is 16.4 Å². The summed E-state index contributed by atoms with van der Waals surface area (Å²) in [6.07, 6.45) is 15.9. The van der Waals surface area contributed by atoms with Gasteiger partial charge in [0.15, 0.2) is 11.6 Å². The lowest BCUT2D eigenvalue weighted by Gasteiger charge is -2.26. The lowest BCUT2D eigenvalue weighted by Crippen LogP contribution is -2.43. The van der Waals surface area contributed by atoms with Crippen LogP contribution in [0, 0.1) is 12.7 Å². The number of anilines is 1. The van der Waals surface area contributed by atoms with Gasteiger partial charge in [0.2, 0.25) is 0 Å².